The fourth-order valence-corrected chi connectivity index (χ4v) is 2.41. The van der Waals surface area contributed by atoms with E-state index in [-0.39, 0.29) is 17.7 Å². The van der Waals surface area contributed by atoms with Gasteiger partial charge in [0.15, 0.2) is 0 Å². The van der Waals surface area contributed by atoms with E-state index in [0.29, 0.717) is 28.0 Å². The molecule has 3 aromatic rings. The molecule has 7 nitrogen and oxygen atoms in total. The molecule has 0 aliphatic heterocycles. The molecule has 1 aromatic heterocycles. The molecule has 0 bridgehead atoms. The maximum Gasteiger partial charge on any atom is 0.272 e. The summed E-state index contributed by atoms with van der Waals surface area (Å²) in [6.07, 6.45) is 0. The molecule has 6 N–H and O–H groups in total. The fraction of sp³-hybridized carbons (Fsp3) is 0.0556. The summed E-state index contributed by atoms with van der Waals surface area (Å²) in [7, 11) is 0. The van der Waals surface area contributed by atoms with Gasteiger partial charge in [0.05, 0.1) is 5.71 Å². The number of fused-ring (bicyclic) bond motifs is 1. The van der Waals surface area contributed by atoms with E-state index in [1.807, 2.05) is 0 Å². The molecule has 8 heteroatoms. The van der Waals surface area contributed by atoms with Crippen LogP contribution in [0.5, 0.6) is 0 Å². The van der Waals surface area contributed by atoms with Gasteiger partial charge in [-0.05, 0) is 48.9 Å². The van der Waals surface area contributed by atoms with Crippen molar-refractivity contribution in [3.8, 4) is 0 Å². The molecule has 1 heterocycles. The fourth-order valence-electron chi connectivity index (χ4n) is 2.41. The highest BCUT2D eigenvalue weighted by molar-refractivity contribution is 6.06. The molecule has 0 aliphatic rings. The zero-order chi connectivity index (χ0) is 18.7. The van der Waals surface area contributed by atoms with Crippen LogP contribution in [0.25, 0.3) is 10.9 Å². The minimum atomic E-state index is -0.350. The minimum absolute atomic E-state index is 0.119. The molecule has 0 saturated carbocycles. The van der Waals surface area contributed by atoms with Crippen molar-refractivity contribution < 1.29 is 9.18 Å². The number of carbonyl (C=O) groups excluding carboxylic acids is 1. The number of hydrogen-bond acceptors (Lipinski definition) is 3. The topological polar surface area (TPSA) is 122 Å². The third-order valence-corrected chi connectivity index (χ3v) is 3.70. The number of halogens is 1. The lowest BCUT2D eigenvalue weighted by Crippen LogP contribution is -2.22. The first-order chi connectivity index (χ1) is 12.4. The summed E-state index contributed by atoms with van der Waals surface area (Å²) in [5.74, 6) is -0.788. The number of nitrogens with zero attached hydrogens (tertiary/aromatic N) is 2. The van der Waals surface area contributed by atoms with Crippen LogP contribution >= 0.6 is 0 Å². The molecule has 2 aromatic carbocycles. The molecule has 0 atom stereocenters. The normalized spacial score (nSPS) is 11.4. The van der Waals surface area contributed by atoms with Crippen LogP contribution in [0.3, 0.4) is 0 Å². The van der Waals surface area contributed by atoms with E-state index in [1.165, 1.54) is 12.1 Å². The van der Waals surface area contributed by atoms with Gasteiger partial charge in [-0.15, -0.1) is 5.10 Å². The standard InChI is InChI=1S/C18H17FN6O/c1-10(24-25-18(20)21)11-2-5-14(6-3-11)22-17(26)16-9-12-8-13(19)4-7-15(12)23-16/h2-9,23H,1H3,(H,22,26)(H4,20,21,25). The monoisotopic (exact) mass is 352 g/mol. The largest absolute Gasteiger partial charge is 0.369 e. The van der Waals surface area contributed by atoms with Crippen LogP contribution in [0.15, 0.2) is 58.7 Å². The van der Waals surface area contributed by atoms with Gasteiger partial charge < -0.3 is 21.8 Å². The number of rotatable bonds is 4. The van der Waals surface area contributed by atoms with Crippen LogP contribution in [-0.4, -0.2) is 22.6 Å². The van der Waals surface area contributed by atoms with E-state index in [1.54, 1.807) is 43.3 Å². The Morgan fingerprint density at radius 2 is 1.81 bits per heavy atom. The lowest BCUT2D eigenvalue weighted by Gasteiger charge is -2.05. The minimum Gasteiger partial charge on any atom is -0.369 e. The smallest absolute Gasteiger partial charge is 0.272 e. The number of aromatic amines is 1. The van der Waals surface area contributed by atoms with Crippen LogP contribution in [0.2, 0.25) is 0 Å². The molecule has 0 unspecified atom stereocenters. The zero-order valence-corrected chi connectivity index (χ0v) is 14.0. The van der Waals surface area contributed by atoms with Gasteiger partial charge in [0.1, 0.15) is 11.5 Å². The maximum atomic E-state index is 13.2. The molecule has 0 aliphatic carbocycles. The van der Waals surface area contributed by atoms with Gasteiger partial charge in [-0.25, -0.2) is 4.39 Å². The van der Waals surface area contributed by atoms with Gasteiger partial charge in [-0.3, -0.25) is 4.79 Å². The average molecular weight is 352 g/mol. The number of guanidine groups is 1. The second-order valence-corrected chi connectivity index (χ2v) is 5.66. The van der Waals surface area contributed by atoms with Crippen molar-refractivity contribution in [1.82, 2.24) is 4.98 Å². The van der Waals surface area contributed by atoms with Crippen LogP contribution in [-0.2, 0) is 0 Å². The van der Waals surface area contributed by atoms with E-state index >= 15 is 0 Å². The number of amides is 1. The molecule has 0 saturated heterocycles. The van der Waals surface area contributed by atoms with E-state index in [0.717, 1.165) is 5.56 Å². The van der Waals surface area contributed by atoms with E-state index < -0.39 is 0 Å². The Hall–Kier alpha value is -3.68. The molecule has 0 fully saturated rings. The third kappa shape index (κ3) is 3.86. The molecular weight excluding hydrogens is 335 g/mol. The Balaban J connectivity index is 1.74. The van der Waals surface area contributed by atoms with Crippen molar-refractivity contribution in [2.45, 2.75) is 6.92 Å². The molecule has 0 spiro atoms. The van der Waals surface area contributed by atoms with Crippen molar-refractivity contribution in [3.05, 3.63) is 65.6 Å². The number of carbonyl (C=O) groups is 1. The highest BCUT2D eigenvalue weighted by atomic mass is 19.1. The van der Waals surface area contributed by atoms with Gasteiger partial charge in [0.25, 0.3) is 5.91 Å². The summed E-state index contributed by atoms with van der Waals surface area (Å²) in [6.45, 7) is 1.77. The van der Waals surface area contributed by atoms with Gasteiger partial charge in [0.2, 0.25) is 5.96 Å². The van der Waals surface area contributed by atoms with Gasteiger partial charge in [-0.2, -0.15) is 5.10 Å². The highest BCUT2D eigenvalue weighted by Crippen LogP contribution is 2.18. The quantitative estimate of drug-likeness (QED) is 0.328. The average Bonchev–Trinajstić information content (AvgIpc) is 3.03. The number of benzene rings is 2. The van der Waals surface area contributed by atoms with Crippen molar-refractivity contribution in [1.29, 1.82) is 0 Å². The van der Waals surface area contributed by atoms with Crippen LogP contribution in [0.4, 0.5) is 10.1 Å². The SMILES string of the molecule is CC(=NN=C(N)N)c1ccc(NC(=O)c2cc3cc(F)ccc3[nH]2)cc1. The van der Waals surface area contributed by atoms with Crippen LogP contribution < -0.4 is 16.8 Å². The van der Waals surface area contributed by atoms with Crippen molar-refractivity contribution >= 4 is 34.2 Å². The van der Waals surface area contributed by atoms with Gasteiger partial charge >= 0.3 is 0 Å². The number of nitrogens with one attached hydrogen (secondary N) is 2. The van der Waals surface area contributed by atoms with Crippen LogP contribution in [0, 0.1) is 5.82 Å². The van der Waals surface area contributed by atoms with Crippen molar-refractivity contribution in [2.75, 3.05) is 5.32 Å². The third-order valence-electron chi connectivity index (χ3n) is 3.70. The van der Waals surface area contributed by atoms with E-state index in [2.05, 4.69) is 20.5 Å². The summed E-state index contributed by atoms with van der Waals surface area (Å²) in [4.78, 5) is 15.3. The Morgan fingerprint density at radius 3 is 2.50 bits per heavy atom. The van der Waals surface area contributed by atoms with E-state index in [4.69, 9.17) is 11.5 Å². The number of aromatic nitrogens is 1. The summed E-state index contributed by atoms with van der Waals surface area (Å²) in [5.41, 5.74) is 13.6. The van der Waals surface area contributed by atoms with E-state index in [9.17, 15) is 9.18 Å². The number of nitrogens with two attached hydrogens (primary N) is 2. The molecule has 1 amide bonds. The molecule has 26 heavy (non-hydrogen) atoms. The Kier molecular flexibility index (Phi) is 4.66. The Bertz CT molecular complexity index is 1020. The number of anilines is 1. The zero-order valence-electron chi connectivity index (χ0n) is 14.0. The molecule has 3 rings (SSSR count). The first kappa shape index (κ1) is 17.2. The molecule has 132 valence electrons. The molecule has 0 radical (unpaired) electrons. The lowest BCUT2D eigenvalue weighted by molar-refractivity contribution is 0.102. The van der Waals surface area contributed by atoms with Crippen LogP contribution in [0.1, 0.15) is 23.0 Å². The number of H-pyrrole nitrogens is 1. The van der Waals surface area contributed by atoms with Crippen molar-refractivity contribution in [3.63, 3.8) is 0 Å². The van der Waals surface area contributed by atoms with Gasteiger partial charge in [0, 0.05) is 16.6 Å². The predicted molar refractivity (Wildman–Crippen MR) is 101 cm³/mol. The Morgan fingerprint density at radius 1 is 1.08 bits per heavy atom. The predicted octanol–water partition coefficient (Wildman–Crippen LogP) is 2.56. The van der Waals surface area contributed by atoms with Gasteiger partial charge in [-0.1, -0.05) is 12.1 Å². The molecular formula is C18H17FN6O. The summed E-state index contributed by atoms with van der Waals surface area (Å²) in [6, 6.07) is 13.0. The second kappa shape index (κ2) is 7.06. The van der Waals surface area contributed by atoms with Crippen molar-refractivity contribution in [2.24, 2.45) is 21.7 Å². The summed E-state index contributed by atoms with van der Waals surface area (Å²) >= 11 is 0. The second-order valence-electron chi connectivity index (χ2n) is 5.66. The Labute approximate surface area is 148 Å². The first-order valence-corrected chi connectivity index (χ1v) is 7.75. The number of hydrogen-bond donors (Lipinski definition) is 4. The lowest BCUT2D eigenvalue weighted by atomic mass is 10.1. The summed E-state index contributed by atoms with van der Waals surface area (Å²) in [5, 5.41) is 10.9. The highest BCUT2D eigenvalue weighted by Gasteiger charge is 2.10. The maximum absolute atomic E-state index is 13.2. The summed E-state index contributed by atoms with van der Waals surface area (Å²) < 4.78 is 13.2. The first-order valence-electron chi connectivity index (χ1n) is 7.75.